The molecule has 7 heteroatoms. The van der Waals surface area contributed by atoms with Gasteiger partial charge in [-0.2, -0.15) is 0 Å². The van der Waals surface area contributed by atoms with Crippen LogP contribution in [0.3, 0.4) is 0 Å². The average molecular weight is 428 g/mol. The van der Waals surface area contributed by atoms with Gasteiger partial charge in [-0.15, -0.1) is 0 Å². The standard InChI is InChI=1S/C23H29N3O3S/c1-19-7-6-10-22(20(19)2)25-14-16-26(17-15-25)23(27)11-13-24-30(28,29)18-12-21-8-4-3-5-9-21/h3-10,12,18,24H,11,13-17H2,1-2H3/b18-12+. The van der Waals surface area contributed by atoms with Crippen molar-refractivity contribution in [3.05, 3.63) is 70.6 Å². The van der Waals surface area contributed by atoms with Gasteiger partial charge in [0.15, 0.2) is 0 Å². The quantitative estimate of drug-likeness (QED) is 0.738. The Hall–Kier alpha value is -2.64. The van der Waals surface area contributed by atoms with Crippen molar-refractivity contribution in [3.63, 3.8) is 0 Å². The summed E-state index contributed by atoms with van der Waals surface area (Å²) in [4.78, 5) is 16.6. The number of nitrogens with one attached hydrogen (secondary N) is 1. The lowest BCUT2D eigenvalue weighted by Gasteiger charge is -2.37. The number of hydrogen-bond acceptors (Lipinski definition) is 4. The van der Waals surface area contributed by atoms with Crippen molar-refractivity contribution in [3.8, 4) is 0 Å². The molecule has 0 saturated carbocycles. The van der Waals surface area contributed by atoms with Crippen molar-refractivity contribution < 1.29 is 13.2 Å². The Kier molecular flexibility index (Phi) is 7.29. The van der Waals surface area contributed by atoms with Gasteiger partial charge in [-0.1, -0.05) is 42.5 Å². The first-order valence-corrected chi connectivity index (χ1v) is 11.7. The van der Waals surface area contributed by atoms with Crippen molar-refractivity contribution in [2.24, 2.45) is 0 Å². The Morgan fingerprint density at radius 1 is 1.00 bits per heavy atom. The molecule has 0 aromatic heterocycles. The summed E-state index contributed by atoms with van der Waals surface area (Å²) < 4.78 is 26.7. The van der Waals surface area contributed by atoms with Crippen LogP contribution in [0.5, 0.6) is 0 Å². The first-order chi connectivity index (χ1) is 14.4. The summed E-state index contributed by atoms with van der Waals surface area (Å²) in [6.07, 6.45) is 1.69. The largest absolute Gasteiger partial charge is 0.368 e. The molecule has 1 heterocycles. The molecule has 30 heavy (non-hydrogen) atoms. The number of carbonyl (C=O) groups excluding carboxylic acids is 1. The fourth-order valence-electron chi connectivity index (χ4n) is 3.51. The summed E-state index contributed by atoms with van der Waals surface area (Å²) >= 11 is 0. The van der Waals surface area contributed by atoms with E-state index >= 15 is 0 Å². The molecule has 1 saturated heterocycles. The summed E-state index contributed by atoms with van der Waals surface area (Å²) in [6, 6.07) is 15.5. The fraction of sp³-hybridized carbons (Fsp3) is 0.348. The highest BCUT2D eigenvalue weighted by Crippen LogP contribution is 2.23. The number of amides is 1. The van der Waals surface area contributed by atoms with Crippen LogP contribution in [0, 0.1) is 13.8 Å². The third kappa shape index (κ3) is 5.93. The predicted octanol–water partition coefficient (Wildman–Crippen LogP) is 2.93. The molecule has 0 aliphatic carbocycles. The van der Waals surface area contributed by atoms with Gasteiger partial charge in [0.1, 0.15) is 0 Å². The Morgan fingerprint density at radius 3 is 2.40 bits per heavy atom. The highest BCUT2D eigenvalue weighted by molar-refractivity contribution is 7.92. The van der Waals surface area contributed by atoms with E-state index in [0.29, 0.717) is 13.1 Å². The second-order valence-electron chi connectivity index (χ2n) is 7.49. The highest BCUT2D eigenvalue weighted by atomic mass is 32.2. The van der Waals surface area contributed by atoms with E-state index in [1.54, 1.807) is 0 Å². The summed E-state index contributed by atoms with van der Waals surface area (Å²) in [5.74, 6) is -0.0228. The second kappa shape index (κ2) is 9.91. The lowest BCUT2D eigenvalue weighted by Crippen LogP contribution is -2.49. The topological polar surface area (TPSA) is 69.7 Å². The zero-order valence-electron chi connectivity index (χ0n) is 17.5. The van der Waals surface area contributed by atoms with Crippen LogP contribution in [0.15, 0.2) is 53.9 Å². The van der Waals surface area contributed by atoms with Crippen LogP contribution >= 0.6 is 0 Å². The van der Waals surface area contributed by atoms with Crippen LogP contribution in [0.25, 0.3) is 6.08 Å². The molecule has 1 N–H and O–H groups in total. The van der Waals surface area contributed by atoms with Crippen molar-refractivity contribution in [1.29, 1.82) is 0 Å². The maximum atomic E-state index is 12.5. The van der Waals surface area contributed by atoms with Crippen LogP contribution in [-0.2, 0) is 14.8 Å². The Labute approximate surface area is 179 Å². The molecule has 2 aromatic carbocycles. The number of rotatable bonds is 7. The number of carbonyl (C=O) groups is 1. The summed E-state index contributed by atoms with van der Waals surface area (Å²) in [7, 11) is -3.57. The number of piperazine rings is 1. The number of benzene rings is 2. The Bertz CT molecular complexity index is 996. The third-order valence-corrected chi connectivity index (χ3v) is 6.53. The van der Waals surface area contributed by atoms with Gasteiger partial charge in [0.25, 0.3) is 0 Å². The van der Waals surface area contributed by atoms with Gasteiger partial charge in [-0.25, -0.2) is 13.1 Å². The van der Waals surface area contributed by atoms with E-state index in [1.165, 1.54) is 22.9 Å². The molecule has 160 valence electrons. The van der Waals surface area contributed by atoms with Crippen molar-refractivity contribution in [1.82, 2.24) is 9.62 Å². The molecule has 1 aliphatic heterocycles. The zero-order valence-corrected chi connectivity index (χ0v) is 18.4. The first-order valence-electron chi connectivity index (χ1n) is 10.2. The number of anilines is 1. The molecule has 1 amide bonds. The lowest BCUT2D eigenvalue weighted by atomic mass is 10.1. The van der Waals surface area contributed by atoms with Gasteiger partial charge >= 0.3 is 0 Å². The minimum Gasteiger partial charge on any atom is -0.368 e. The van der Waals surface area contributed by atoms with Crippen LogP contribution in [-0.4, -0.2) is 51.9 Å². The smallest absolute Gasteiger partial charge is 0.233 e. The van der Waals surface area contributed by atoms with Gasteiger partial charge in [0.05, 0.1) is 0 Å². The minimum atomic E-state index is -3.57. The predicted molar refractivity (Wildman–Crippen MR) is 122 cm³/mol. The summed E-state index contributed by atoms with van der Waals surface area (Å²) in [5.41, 5.74) is 4.57. The first kappa shape index (κ1) is 22.1. The second-order valence-corrected chi connectivity index (χ2v) is 9.14. The maximum Gasteiger partial charge on any atom is 0.233 e. The fourth-order valence-corrected chi connectivity index (χ4v) is 4.33. The molecule has 3 rings (SSSR count). The Morgan fingerprint density at radius 2 is 1.70 bits per heavy atom. The van der Waals surface area contributed by atoms with E-state index in [9.17, 15) is 13.2 Å². The molecule has 0 spiro atoms. The normalized spacial score (nSPS) is 15.0. The van der Waals surface area contributed by atoms with Gasteiger partial charge in [-0.05, 0) is 42.7 Å². The van der Waals surface area contributed by atoms with Gasteiger partial charge < -0.3 is 9.80 Å². The molecule has 1 aliphatic rings. The van der Waals surface area contributed by atoms with E-state index in [-0.39, 0.29) is 18.9 Å². The van der Waals surface area contributed by atoms with E-state index in [2.05, 4.69) is 41.7 Å². The molecular weight excluding hydrogens is 398 g/mol. The van der Waals surface area contributed by atoms with Crippen LogP contribution in [0.2, 0.25) is 0 Å². The molecule has 1 fully saturated rings. The van der Waals surface area contributed by atoms with Crippen molar-refractivity contribution >= 4 is 27.7 Å². The minimum absolute atomic E-state index is 0.0228. The maximum absolute atomic E-state index is 12.5. The third-order valence-electron chi connectivity index (χ3n) is 5.43. The Balaban J connectivity index is 1.45. The van der Waals surface area contributed by atoms with Crippen LogP contribution in [0.1, 0.15) is 23.1 Å². The van der Waals surface area contributed by atoms with E-state index in [4.69, 9.17) is 0 Å². The molecule has 2 aromatic rings. The molecule has 0 bridgehead atoms. The van der Waals surface area contributed by atoms with Crippen molar-refractivity contribution in [2.45, 2.75) is 20.3 Å². The van der Waals surface area contributed by atoms with Gasteiger partial charge in [0, 0.05) is 50.2 Å². The van der Waals surface area contributed by atoms with E-state index in [1.807, 2.05) is 35.2 Å². The summed E-state index contributed by atoms with van der Waals surface area (Å²) in [6.45, 7) is 7.18. The number of sulfonamides is 1. The van der Waals surface area contributed by atoms with E-state index in [0.717, 1.165) is 24.1 Å². The number of nitrogens with zero attached hydrogens (tertiary/aromatic N) is 2. The van der Waals surface area contributed by atoms with Crippen LogP contribution < -0.4 is 9.62 Å². The van der Waals surface area contributed by atoms with Crippen LogP contribution in [0.4, 0.5) is 5.69 Å². The van der Waals surface area contributed by atoms with Gasteiger partial charge in [0.2, 0.25) is 15.9 Å². The average Bonchev–Trinajstić information content (AvgIpc) is 2.75. The molecular formula is C23H29N3O3S. The number of aryl methyl sites for hydroxylation is 1. The molecule has 0 unspecified atom stereocenters. The van der Waals surface area contributed by atoms with Crippen molar-refractivity contribution in [2.75, 3.05) is 37.6 Å². The summed E-state index contributed by atoms with van der Waals surface area (Å²) in [5, 5.41) is 1.13. The van der Waals surface area contributed by atoms with E-state index < -0.39 is 10.0 Å². The molecule has 0 atom stereocenters. The monoisotopic (exact) mass is 427 g/mol. The highest BCUT2D eigenvalue weighted by Gasteiger charge is 2.22. The molecule has 6 nitrogen and oxygen atoms in total. The van der Waals surface area contributed by atoms with Gasteiger partial charge in [-0.3, -0.25) is 4.79 Å². The molecule has 0 radical (unpaired) electrons. The number of hydrogen-bond donors (Lipinski definition) is 1. The lowest BCUT2D eigenvalue weighted by molar-refractivity contribution is -0.131. The zero-order chi connectivity index (χ0) is 21.6. The SMILES string of the molecule is Cc1cccc(N2CCN(C(=O)CCNS(=O)(=O)/C=C/c3ccccc3)CC2)c1C.